The molecule has 1 fully saturated rings. The number of rotatable bonds is 6. The third kappa shape index (κ3) is 6.08. The summed E-state index contributed by atoms with van der Waals surface area (Å²) < 4.78 is 0. The van der Waals surface area contributed by atoms with Gasteiger partial charge in [-0.2, -0.15) is 0 Å². The Bertz CT molecular complexity index is 582. The normalized spacial score (nSPS) is 20.0. The number of carbonyl (C=O) groups is 4. The zero-order chi connectivity index (χ0) is 18.1. The minimum absolute atomic E-state index is 0.232. The van der Waals surface area contributed by atoms with Crippen LogP contribution in [0.25, 0.3) is 0 Å². The highest BCUT2D eigenvalue weighted by Gasteiger charge is 2.41. The first-order valence-corrected chi connectivity index (χ1v) is 8.02. The lowest BCUT2D eigenvalue weighted by Crippen LogP contribution is -2.68. The molecule has 0 aromatic heterocycles. The monoisotopic (exact) mass is 377 g/mol. The van der Waals surface area contributed by atoms with E-state index >= 15 is 0 Å². The van der Waals surface area contributed by atoms with Gasteiger partial charge in [0.15, 0.2) is 0 Å². The summed E-state index contributed by atoms with van der Waals surface area (Å²) in [5.41, 5.74) is 0. The summed E-state index contributed by atoms with van der Waals surface area (Å²) in [6.45, 7) is 1.36. The Morgan fingerprint density at radius 3 is 2.71 bits per heavy atom. The molecule has 0 saturated carbocycles. The molecule has 4 amide bonds. The van der Waals surface area contributed by atoms with Crippen LogP contribution in [0.3, 0.4) is 0 Å². The zero-order valence-corrected chi connectivity index (χ0v) is 14.4. The van der Waals surface area contributed by atoms with Crippen LogP contribution in [-0.4, -0.2) is 53.9 Å². The molecular formula is C12H16ClN5O5S. The smallest absolute Gasteiger partial charge is 0.291 e. The molecule has 2 atom stereocenters. The van der Waals surface area contributed by atoms with Gasteiger partial charge in [-0.05, 0) is 5.41 Å². The summed E-state index contributed by atoms with van der Waals surface area (Å²) in [6.07, 6.45) is 1.41. The van der Waals surface area contributed by atoms with Crippen molar-refractivity contribution in [3.8, 4) is 0 Å². The maximum absolute atomic E-state index is 12.1. The van der Waals surface area contributed by atoms with Gasteiger partial charge >= 0.3 is 0 Å². The Balaban J connectivity index is 2.60. The van der Waals surface area contributed by atoms with Gasteiger partial charge in [-0.3, -0.25) is 19.2 Å². The van der Waals surface area contributed by atoms with Gasteiger partial charge in [0, 0.05) is 13.1 Å². The van der Waals surface area contributed by atoms with Crippen LogP contribution >= 0.6 is 23.4 Å². The molecule has 0 aromatic carbocycles. The van der Waals surface area contributed by atoms with Crippen molar-refractivity contribution in [2.45, 2.75) is 18.3 Å². The highest BCUT2D eigenvalue weighted by Crippen LogP contribution is 2.20. The number of oxime groups is 1. The predicted octanol–water partition coefficient (Wildman–Crippen LogP) is -1.42. The number of amides is 4. The highest BCUT2D eigenvalue weighted by atomic mass is 35.5. The van der Waals surface area contributed by atoms with Crippen LogP contribution in [0.15, 0.2) is 16.8 Å². The summed E-state index contributed by atoms with van der Waals surface area (Å²) >= 11 is 6.52. The molecule has 1 aliphatic heterocycles. The van der Waals surface area contributed by atoms with E-state index in [-0.39, 0.29) is 11.8 Å². The Morgan fingerprint density at radius 1 is 1.46 bits per heavy atom. The van der Waals surface area contributed by atoms with E-state index in [4.69, 9.17) is 11.6 Å². The average Bonchev–Trinajstić information content (AvgIpc) is 2.54. The van der Waals surface area contributed by atoms with Crippen molar-refractivity contribution < 1.29 is 24.0 Å². The second-order valence-corrected chi connectivity index (χ2v) is 5.64. The lowest BCUT2D eigenvalue weighted by molar-refractivity contribution is -0.132. The number of nitrogens with zero attached hydrogens (tertiary/aromatic N) is 1. The van der Waals surface area contributed by atoms with Crippen LogP contribution in [-0.2, 0) is 24.0 Å². The van der Waals surface area contributed by atoms with Crippen LogP contribution < -0.4 is 21.3 Å². The van der Waals surface area contributed by atoms with E-state index in [2.05, 4.69) is 31.3 Å². The van der Waals surface area contributed by atoms with Gasteiger partial charge in [-0.1, -0.05) is 5.16 Å². The van der Waals surface area contributed by atoms with Crippen molar-refractivity contribution in [2.75, 3.05) is 13.0 Å². The molecule has 0 bridgehead atoms. The van der Waals surface area contributed by atoms with Crippen molar-refractivity contribution in [3.05, 3.63) is 11.6 Å². The summed E-state index contributed by atoms with van der Waals surface area (Å²) in [6, 6.07) is -0.834. The van der Waals surface area contributed by atoms with E-state index < -0.39 is 35.0 Å². The number of hydrogen-bond donors (Lipinski definition) is 4. The molecule has 24 heavy (non-hydrogen) atoms. The second kappa shape index (κ2) is 9.78. The Morgan fingerprint density at radius 2 is 2.17 bits per heavy atom. The van der Waals surface area contributed by atoms with E-state index in [1.54, 1.807) is 5.41 Å². The Kier molecular flexibility index (Phi) is 8.06. The molecule has 0 radical (unpaired) electrons. The van der Waals surface area contributed by atoms with Crippen LogP contribution in [0.4, 0.5) is 0 Å². The Labute approximate surface area is 146 Å². The fraction of sp³-hybridized carbons (Fsp3) is 0.417. The quantitative estimate of drug-likeness (QED) is 0.147. The predicted molar refractivity (Wildman–Crippen MR) is 87.7 cm³/mol. The lowest BCUT2D eigenvalue weighted by Gasteiger charge is -2.35. The van der Waals surface area contributed by atoms with Gasteiger partial charge in [0.1, 0.15) is 24.4 Å². The van der Waals surface area contributed by atoms with Crippen LogP contribution in [0, 0.1) is 0 Å². The van der Waals surface area contributed by atoms with Crippen LogP contribution in [0.1, 0.15) is 6.92 Å². The number of nitrogens with one attached hydrogen (secondary N) is 4. The van der Waals surface area contributed by atoms with Gasteiger partial charge in [0.05, 0.1) is 0 Å². The number of alkyl halides is 1. The highest BCUT2D eigenvalue weighted by molar-refractivity contribution is 8.02. The average molecular weight is 378 g/mol. The first-order chi connectivity index (χ1) is 11.4. The minimum atomic E-state index is -0.834. The fourth-order valence-electron chi connectivity index (χ4n) is 1.47. The summed E-state index contributed by atoms with van der Waals surface area (Å²) in [7, 11) is 1.20. The molecule has 0 spiro atoms. The molecule has 10 nitrogen and oxygen atoms in total. The first kappa shape index (κ1) is 19.8. The number of β-lactam (4-membered cyclic amide) rings is 1. The van der Waals surface area contributed by atoms with Crippen molar-refractivity contribution in [3.63, 3.8) is 0 Å². The first-order valence-electron chi connectivity index (χ1n) is 6.54. The van der Waals surface area contributed by atoms with E-state index in [1.165, 1.54) is 32.0 Å². The van der Waals surface area contributed by atoms with Crippen LogP contribution in [0.2, 0.25) is 0 Å². The van der Waals surface area contributed by atoms with E-state index in [0.29, 0.717) is 0 Å². The van der Waals surface area contributed by atoms with Gasteiger partial charge in [0.25, 0.3) is 5.91 Å². The molecule has 1 aliphatic rings. The molecule has 1 heterocycles. The van der Waals surface area contributed by atoms with Gasteiger partial charge in [0.2, 0.25) is 23.6 Å². The molecular weight excluding hydrogens is 362 g/mol. The standard InChI is InChI=1S/C12H16ClN5O5S/c1-6(19)14-3-4-24-12-8(10(21)17-12)16-11(22)9(18-23-2)15-7(20)5-13/h3-4,8,12H,5H2,1-2H3,(H,14,19)(H,16,22)(H,17,21)(H,15,18,20). The van der Waals surface area contributed by atoms with Crippen molar-refractivity contribution in [1.29, 1.82) is 0 Å². The van der Waals surface area contributed by atoms with Crippen molar-refractivity contribution in [2.24, 2.45) is 5.16 Å². The maximum atomic E-state index is 12.1. The third-order valence-corrected chi connectivity index (χ3v) is 3.73. The number of amidine groups is 1. The minimum Gasteiger partial charge on any atom is -0.397 e. The molecule has 1 rings (SSSR count). The van der Waals surface area contributed by atoms with Gasteiger partial charge in [-0.15, -0.1) is 23.4 Å². The SMILES string of the molecule is CON=C(NC(=O)CCl)C(=O)NC1C(=O)NC1SC=CNC(C)=O. The van der Waals surface area contributed by atoms with Gasteiger partial charge in [-0.25, -0.2) is 0 Å². The number of carbonyl (C=O) groups excluding carboxylic acids is 4. The topological polar surface area (TPSA) is 138 Å². The van der Waals surface area contributed by atoms with E-state index in [0.717, 1.165) is 0 Å². The second-order valence-electron chi connectivity index (χ2n) is 4.32. The summed E-state index contributed by atoms with van der Waals surface area (Å²) in [4.78, 5) is 50.0. The Hall–Kier alpha value is -2.27. The summed E-state index contributed by atoms with van der Waals surface area (Å²) in [5.74, 6) is -2.86. The number of halogens is 1. The maximum Gasteiger partial charge on any atom is 0.291 e. The third-order valence-electron chi connectivity index (χ3n) is 2.51. The van der Waals surface area contributed by atoms with Crippen molar-refractivity contribution in [1.82, 2.24) is 21.3 Å². The summed E-state index contributed by atoms with van der Waals surface area (Å²) in [5, 5.41) is 14.1. The zero-order valence-electron chi connectivity index (χ0n) is 12.8. The number of hydrogen-bond acceptors (Lipinski definition) is 7. The van der Waals surface area contributed by atoms with E-state index in [1.807, 2.05) is 0 Å². The molecule has 4 N–H and O–H groups in total. The fourth-order valence-corrected chi connectivity index (χ4v) is 2.39. The largest absolute Gasteiger partial charge is 0.397 e. The molecule has 12 heteroatoms. The molecule has 132 valence electrons. The molecule has 1 saturated heterocycles. The van der Waals surface area contributed by atoms with E-state index in [9.17, 15) is 19.2 Å². The van der Waals surface area contributed by atoms with Crippen molar-refractivity contribution >= 4 is 52.8 Å². The van der Waals surface area contributed by atoms with Crippen LogP contribution in [0.5, 0.6) is 0 Å². The van der Waals surface area contributed by atoms with Gasteiger partial charge < -0.3 is 26.1 Å². The molecule has 0 aliphatic carbocycles. The molecule has 2 unspecified atom stereocenters. The lowest BCUT2D eigenvalue weighted by atomic mass is 10.1. The molecule has 0 aromatic rings. The number of thioether (sulfide) groups is 1.